The topological polar surface area (TPSA) is 201 Å². The molecule has 1 saturated carbocycles. The fourth-order valence-electron chi connectivity index (χ4n) is 10.1. The Hall–Kier alpha value is -6.46. The summed E-state index contributed by atoms with van der Waals surface area (Å²) >= 11 is 0. The number of oxime groups is 1. The quantitative estimate of drug-likeness (QED) is 0.0276. The van der Waals surface area contributed by atoms with Crippen LogP contribution in [0.5, 0.6) is 23.0 Å². The third-order valence-electron chi connectivity index (χ3n) is 13.2. The number of aliphatic hydroxyl groups excluding tert-OH is 2. The SMILES string of the molecule is C=CCO[C@@]12Oc3ccc(O)cc3[C@H]3[C@H](CCCCO)[C@@H](CCCCO)C=C(C(=NOCc4ccc([N+](=O)[O-])cc4)C[C@@H]1N(Cc1ccc4c(c1)OCO4)C(=O)OCCOCc1ccccc1)[C@H]32. The molecule has 16 nitrogen and oxygen atoms in total. The highest BCUT2D eigenvalue weighted by Crippen LogP contribution is 2.62. The fourth-order valence-corrected chi connectivity index (χ4v) is 10.1. The van der Waals surface area contributed by atoms with Gasteiger partial charge in [0.2, 0.25) is 12.6 Å². The number of carbonyl (C=O) groups is 1. The van der Waals surface area contributed by atoms with Crippen LogP contribution < -0.4 is 14.2 Å². The van der Waals surface area contributed by atoms with Crippen molar-refractivity contribution in [2.45, 2.75) is 82.5 Å². The van der Waals surface area contributed by atoms with Crippen molar-refractivity contribution >= 4 is 17.5 Å². The molecule has 2 aliphatic carbocycles. The van der Waals surface area contributed by atoms with Crippen LogP contribution in [0.15, 0.2) is 120 Å². The van der Waals surface area contributed by atoms with Crippen LogP contribution in [0.25, 0.3) is 0 Å². The minimum absolute atomic E-state index is 0.00546. The first-order valence-corrected chi connectivity index (χ1v) is 23.3. The van der Waals surface area contributed by atoms with Crippen LogP contribution in [0.3, 0.4) is 0 Å². The number of benzene rings is 4. The zero-order valence-corrected chi connectivity index (χ0v) is 38.0. The second kappa shape index (κ2) is 22.6. The summed E-state index contributed by atoms with van der Waals surface area (Å²) in [5, 5.41) is 47.2. The number of aliphatic hydroxyl groups is 2. The monoisotopic (exact) mass is 933 g/mol. The molecule has 360 valence electrons. The minimum atomic E-state index is -1.60. The average Bonchev–Trinajstić information content (AvgIpc) is 3.83. The molecule has 3 N–H and O–H groups in total. The number of nitro groups is 1. The predicted molar refractivity (Wildman–Crippen MR) is 250 cm³/mol. The third kappa shape index (κ3) is 10.8. The van der Waals surface area contributed by atoms with E-state index in [2.05, 4.69) is 12.7 Å². The van der Waals surface area contributed by atoms with Crippen LogP contribution in [0.2, 0.25) is 0 Å². The number of rotatable bonds is 23. The Morgan fingerprint density at radius 2 is 1.62 bits per heavy atom. The molecule has 68 heavy (non-hydrogen) atoms. The van der Waals surface area contributed by atoms with E-state index in [0.717, 1.165) is 36.0 Å². The van der Waals surface area contributed by atoms with Crippen LogP contribution >= 0.6 is 0 Å². The molecule has 1 fully saturated rings. The molecule has 16 heteroatoms. The number of fused-ring (bicyclic) bond motifs is 3. The minimum Gasteiger partial charge on any atom is -0.508 e. The Morgan fingerprint density at radius 3 is 2.38 bits per heavy atom. The first-order valence-electron chi connectivity index (χ1n) is 23.3. The average molecular weight is 934 g/mol. The number of nitrogens with zero attached hydrogens (tertiary/aromatic N) is 3. The highest BCUT2D eigenvalue weighted by Gasteiger charge is 2.65. The zero-order chi connectivity index (χ0) is 47.5. The van der Waals surface area contributed by atoms with E-state index >= 15 is 4.79 Å². The lowest BCUT2D eigenvalue weighted by Crippen LogP contribution is -2.70. The summed E-state index contributed by atoms with van der Waals surface area (Å²) in [6, 6.07) is 25.4. The summed E-state index contributed by atoms with van der Waals surface area (Å²) < 4.78 is 37.7. The lowest BCUT2D eigenvalue weighted by Gasteiger charge is -2.59. The van der Waals surface area contributed by atoms with Gasteiger partial charge in [-0.15, -0.1) is 6.58 Å². The Labute approximate surface area is 395 Å². The Balaban J connectivity index is 1.25. The van der Waals surface area contributed by atoms with Crippen LogP contribution in [-0.4, -0.2) is 88.6 Å². The number of unbranched alkanes of at least 4 members (excludes halogenated alkanes) is 2. The maximum absolute atomic E-state index is 15.0. The van der Waals surface area contributed by atoms with Gasteiger partial charge in [-0.05, 0) is 102 Å². The van der Waals surface area contributed by atoms with E-state index in [-0.39, 0.29) is 88.6 Å². The van der Waals surface area contributed by atoms with Crippen LogP contribution in [-0.2, 0) is 38.8 Å². The van der Waals surface area contributed by atoms with Gasteiger partial charge in [0.15, 0.2) is 11.5 Å². The van der Waals surface area contributed by atoms with E-state index in [9.17, 15) is 25.4 Å². The molecule has 0 aromatic heterocycles. The largest absolute Gasteiger partial charge is 0.508 e. The van der Waals surface area contributed by atoms with E-state index in [1.807, 2.05) is 42.5 Å². The summed E-state index contributed by atoms with van der Waals surface area (Å²) in [5.41, 5.74) is 4.40. The molecule has 0 radical (unpaired) electrons. The van der Waals surface area contributed by atoms with Gasteiger partial charge < -0.3 is 48.6 Å². The number of allylic oxidation sites excluding steroid dienone is 1. The Morgan fingerprint density at radius 1 is 0.882 bits per heavy atom. The highest BCUT2D eigenvalue weighted by atomic mass is 16.7. The number of hydrogen-bond acceptors (Lipinski definition) is 14. The Kier molecular flexibility index (Phi) is 15.9. The van der Waals surface area contributed by atoms with Gasteiger partial charge >= 0.3 is 6.09 Å². The van der Waals surface area contributed by atoms with Crippen molar-refractivity contribution in [1.82, 2.24) is 4.90 Å². The summed E-state index contributed by atoms with van der Waals surface area (Å²) in [4.78, 5) is 33.7. The van der Waals surface area contributed by atoms with Crippen molar-refractivity contribution < 1.29 is 58.3 Å². The van der Waals surface area contributed by atoms with E-state index in [1.165, 1.54) is 12.1 Å². The van der Waals surface area contributed by atoms with Gasteiger partial charge in [0.05, 0.1) is 36.4 Å². The van der Waals surface area contributed by atoms with Crippen molar-refractivity contribution in [1.29, 1.82) is 0 Å². The number of phenolic OH excluding ortho intramolecular Hbond substituents is 1. The van der Waals surface area contributed by atoms with Crippen molar-refractivity contribution in [2.24, 2.45) is 22.9 Å². The van der Waals surface area contributed by atoms with Gasteiger partial charge in [-0.3, -0.25) is 15.0 Å². The molecule has 8 rings (SSSR count). The van der Waals surface area contributed by atoms with Gasteiger partial charge in [-0.1, -0.05) is 66.5 Å². The molecule has 0 spiro atoms. The van der Waals surface area contributed by atoms with E-state index in [4.69, 9.17) is 38.4 Å². The lowest BCUT2D eigenvalue weighted by atomic mass is 9.55. The maximum atomic E-state index is 15.0. The molecular formula is C52H59N3O13. The number of ether oxygens (including phenoxy) is 6. The maximum Gasteiger partial charge on any atom is 0.410 e. The van der Waals surface area contributed by atoms with Crippen LogP contribution in [0.4, 0.5) is 10.5 Å². The number of carbonyl (C=O) groups excluding carboxylic acids is 1. The number of hydrogen-bond donors (Lipinski definition) is 3. The molecule has 2 heterocycles. The first-order chi connectivity index (χ1) is 33.2. The second-order valence-electron chi connectivity index (χ2n) is 17.5. The molecule has 2 aliphatic heterocycles. The number of aromatic hydroxyl groups is 1. The van der Waals surface area contributed by atoms with Crippen LogP contribution in [0.1, 0.15) is 73.1 Å². The normalized spacial score (nSPS) is 22.6. The van der Waals surface area contributed by atoms with E-state index in [0.29, 0.717) is 60.0 Å². The number of nitro benzene ring substituents is 1. The fraction of sp³-hybridized carbons (Fsp3) is 0.423. The highest BCUT2D eigenvalue weighted by molar-refractivity contribution is 6.03. The number of non-ortho nitro benzene ring substituents is 1. The van der Waals surface area contributed by atoms with Gasteiger partial charge in [-0.25, -0.2) is 4.79 Å². The summed E-state index contributed by atoms with van der Waals surface area (Å²) in [6.07, 6.45) is 7.38. The summed E-state index contributed by atoms with van der Waals surface area (Å²) in [7, 11) is 0. The van der Waals surface area contributed by atoms with E-state index < -0.39 is 28.8 Å². The van der Waals surface area contributed by atoms with Gasteiger partial charge in [-0.2, -0.15) is 0 Å². The summed E-state index contributed by atoms with van der Waals surface area (Å²) in [5.74, 6) is -1.06. The molecule has 0 saturated heterocycles. The van der Waals surface area contributed by atoms with Gasteiger partial charge in [0.25, 0.3) is 5.69 Å². The molecule has 4 aromatic rings. The number of phenols is 1. The predicted octanol–water partition coefficient (Wildman–Crippen LogP) is 8.72. The molecular weight excluding hydrogens is 875 g/mol. The van der Waals surface area contributed by atoms with Crippen molar-refractivity contribution in [3.05, 3.63) is 148 Å². The standard InChI is InChI=1S/C52H59N3O13/c1-2-24-66-52-48(54(31-37-16-20-46-47(27-37)65-34-64-46)51(59)63-26-25-62-32-35-10-4-3-5-11-35)30-44(53-67-33-36-14-17-39(18-15-36)55(60)61)42-28-38(12-6-8-22-56)41(13-7-9-23-57)49(50(42)52)43-29-40(58)19-21-45(43)68-52/h2-5,10-11,14-21,27-29,38,41,48-50,56-58H,1,6-9,12-13,22-26,30-34H2/t38-,41+,48-,49+,50+,52+/m0/s1. The Bertz CT molecular complexity index is 2430. The van der Waals surface area contributed by atoms with Gasteiger partial charge in [0, 0.05) is 49.8 Å². The first kappa shape index (κ1) is 48.0. The number of amides is 1. The molecule has 0 bridgehead atoms. The van der Waals surface area contributed by atoms with Crippen LogP contribution in [0, 0.1) is 27.9 Å². The molecule has 6 atom stereocenters. The smallest absolute Gasteiger partial charge is 0.410 e. The third-order valence-corrected chi connectivity index (χ3v) is 13.2. The van der Waals surface area contributed by atoms with E-state index in [1.54, 1.807) is 47.4 Å². The van der Waals surface area contributed by atoms with Crippen molar-refractivity contribution in [3.8, 4) is 23.0 Å². The molecule has 0 unspecified atom stereocenters. The molecule has 4 aromatic carbocycles. The second-order valence-corrected chi connectivity index (χ2v) is 17.5. The summed E-state index contributed by atoms with van der Waals surface area (Å²) in [6.45, 7) is 4.62. The van der Waals surface area contributed by atoms with Crippen molar-refractivity contribution in [3.63, 3.8) is 0 Å². The molecule has 1 amide bonds. The lowest BCUT2D eigenvalue weighted by molar-refractivity contribution is -0.384. The zero-order valence-electron chi connectivity index (χ0n) is 38.0. The van der Waals surface area contributed by atoms with Gasteiger partial charge in [0.1, 0.15) is 30.8 Å². The van der Waals surface area contributed by atoms with Crippen molar-refractivity contribution in [2.75, 3.05) is 39.8 Å². The molecule has 4 aliphatic rings.